The molecule has 0 amide bonds. The van der Waals surface area contributed by atoms with Crippen LogP contribution in [0.15, 0.2) is 247 Å². The molecule has 0 unspecified atom stereocenters. The second-order valence-corrected chi connectivity index (χ2v) is 17.9. The first kappa shape index (κ1) is 39.0. The van der Waals surface area contributed by atoms with Crippen molar-refractivity contribution >= 4 is 43.7 Å². The van der Waals surface area contributed by atoms with E-state index in [2.05, 4.69) is 217 Å². The molecule has 322 valence electrons. The van der Waals surface area contributed by atoms with Gasteiger partial charge < -0.3 is 8.98 Å². The van der Waals surface area contributed by atoms with Crippen molar-refractivity contribution in [3.05, 3.63) is 265 Å². The van der Waals surface area contributed by atoms with Crippen molar-refractivity contribution in [2.24, 2.45) is 0 Å². The molecule has 0 aliphatic heterocycles. The van der Waals surface area contributed by atoms with E-state index >= 15 is 0 Å². The molecular formula is C64H40N4O. The fourth-order valence-electron chi connectivity index (χ4n) is 11.0. The van der Waals surface area contributed by atoms with Crippen LogP contribution in [0.3, 0.4) is 0 Å². The molecule has 14 rings (SSSR count). The predicted molar refractivity (Wildman–Crippen MR) is 280 cm³/mol. The SMILES string of the molecule is c1ccc(-c2ccc(-c3nc(-c4cccc(-n5c6ccccc6c6cc7c(cc65)C(c5ccccc5)(c5ccccc5)c5ccccc5-7)c4)nc(-c4ccc5c(c4)oc4ccccc45)n3)cc2)cc1. The summed E-state index contributed by atoms with van der Waals surface area (Å²) in [5.41, 5.74) is 16.8. The lowest BCUT2D eigenvalue weighted by atomic mass is 9.67. The molecule has 0 spiro atoms. The van der Waals surface area contributed by atoms with Gasteiger partial charge in [0.2, 0.25) is 0 Å². The van der Waals surface area contributed by atoms with Gasteiger partial charge in [-0.2, -0.15) is 0 Å². The van der Waals surface area contributed by atoms with Crippen molar-refractivity contribution in [3.63, 3.8) is 0 Å². The van der Waals surface area contributed by atoms with Gasteiger partial charge in [0.15, 0.2) is 17.5 Å². The van der Waals surface area contributed by atoms with Gasteiger partial charge in [-0.1, -0.05) is 194 Å². The van der Waals surface area contributed by atoms with E-state index < -0.39 is 5.41 Å². The summed E-state index contributed by atoms with van der Waals surface area (Å²) in [4.78, 5) is 15.7. The van der Waals surface area contributed by atoms with Gasteiger partial charge in [-0.15, -0.1) is 0 Å². The highest BCUT2D eigenvalue weighted by atomic mass is 16.3. The summed E-state index contributed by atoms with van der Waals surface area (Å²) in [5, 5.41) is 4.53. The van der Waals surface area contributed by atoms with Crippen LogP contribution in [0.4, 0.5) is 0 Å². The molecule has 0 N–H and O–H groups in total. The number of hydrogen-bond acceptors (Lipinski definition) is 4. The molecule has 0 saturated carbocycles. The van der Waals surface area contributed by atoms with Gasteiger partial charge in [-0.25, -0.2) is 15.0 Å². The average Bonchev–Trinajstić information content (AvgIpc) is 4.06. The van der Waals surface area contributed by atoms with E-state index in [-0.39, 0.29) is 0 Å². The normalized spacial score (nSPS) is 12.8. The number of nitrogens with zero attached hydrogens (tertiary/aromatic N) is 4. The molecule has 0 atom stereocenters. The summed E-state index contributed by atoms with van der Waals surface area (Å²) in [7, 11) is 0. The number of aromatic nitrogens is 4. The van der Waals surface area contributed by atoms with Crippen molar-refractivity contribution in [2.45, 2.75) is 5.41 Å². The monoisotopic (exact) mass is 880 g/mol. The molecule has 69 heavy (non-hydrogen) atoms. The second kappa shape index (κ2) is 15.4. The summed E-state index contributed by atoms with van der Waals surface area (Å²) < 4.78 is 8.78. The Balaban J connectivity index is 0.969. The number of benzene rings is 10. The minimum atomic E-state index is -0.534. The third-order valence-corrected chi connectivity index (χ3v) is 14.1. The van der Waals surface area contributed by atoms with Gasteiger partial charge in [-0.05, 0) is 93.0 Å². The molecular weight excluding hydrogens is 841 g/mol. The molecule has 13 aromatic rings. The lowest BCUT2D eigenvalue weighted by Crippen LogP contribution is -2.28. The van der Waals surface area contributed by atoms with Gasteiger partial charge in [0, 0.05) is 43.9 Å². The van der Waals surface area contributed by atoms with E-state index in [0.29, 0.717) is 17.5 Å². The van der Waals surface area contributed by atoms with Gasteiger partial charge in [0.25, 0.3) is 0 Å². The highest BCUT2D eigenvalue weighted by Gasteiger charge is 2.46. The molecule has 10 aromatic carbocycles. The van der Waals surface area contributed by atoms with Crippen LogP contribution in [-0.2, 0) is 5.41 Å². The number of furan rings is 1. The highest BCUT2D eigenvalue weighted by Crippen LogP contribution is 2.57. The first-order valence-electron chi connectivity index (χ1n) is 23.4. The summed E-state index contributed by atoms with van der Waals surface area (Å²) in [5.74, 6) is 1.74. The Hall–Kier alpha value is -9.19. The third kappa shape index (κ3) is 6.07. The Labute approximate surface area is 398 Å². The van der Waals surface area contributed by atoms with Crippen molar-refractivity contribution < 1.29 is 4.42 Å². The van der Waals surface area contributed by atoms with Crippen molar-refractivity contribution in [2.75, 3.05) is 0 Å². The van der Waals surface area contributed by atoms with Crippen molar-refractivity contribution in [3.8, 4) is 62.1 Å². The van der Waals surface area contributed by atoms with Crippen molar-refractivity contribution in [1.29, 1.82) is 0 Å². The van der Waals surface area contributed by atoms with E-state index in [1.54, 1.807) is 0 Å². The molecule has 0 fully saturated rings. The average molecular weight is 881 g/mol. The quantitative estimate of drug-likeness (QED) is 0.160. The third-order valence-electron chi connectivity index (χ3n) is 14.1. The highest BCUT2D eigenvalue weighted by molar-refractivity contribution is 6.12. The van der Waals surface area contributed by atoms with Crippen LogP contribution < -0.4 is 0 Å². The lowest BCUT2D eigenvalue weighted by molar-refractivity contribution is 0.669. The Morgan fingerprint density at radius 1 is 0.319 bits per heavy atom. The molecule has 1 aliphatic rings. The molecule has 0 radical (unpaired) electrons. The number of hydrogen-bond donors (Lipinski definition) is 0. The maximum absolute atomic E-state index is 6.36. The lowest BCUT2D eigenvalue weighted by Gasteiger charge is -2.34. The Morgan fingerprint density at radius 3 is 1.62 bits per heavy atom. The predicted octanol–water partition coefficient (Wildman–Crippen LogP) is 15.9. The fourth-order valence-corrected chi connectivity index (χ4v) is 11.0. The zero-order chi connectivity index (χ0) is 45.5. The number of rotatable bonds is 7. The molecule has 3 aromatic heterocycles. The van der Waals surface area contributed by atoms with Crippen LogP contribution >= 0.6 is 0 Å². The largest absolute Gasteiger partial charge is 0.456 e. The van der Waals surface area contributed by atoms with Crippen LogP contribution in [0.5, 0.6) is 0 Å². The fraction of sp³-hybridized carbons (Fsp3) is 0.0156. The van der Waals surface area contributed by atoms with Crippen LogP contribution in [-0.4, -0.2) is 19.5 Å². The summed E-state index contributed by atoms with van der Waals surface area (Å²) in [6.45, 7) is 0. The molecule has 5 heteroatoms. The van der Waals surface area contributed by atoms with Crippen LogP contribution in [0.25, 0.3) is 106 Å². The number of para-hydroxylation sites is 2. The van der Waals surface area contributed by atoms with E-state index in [0.717, 1.165) is 66.5 Å². The van der Waals surface area contributed by atoms with Crippen molar-refractivity contribution in [1.82, 2.24) is 19.5 Å². The summed E-state index contributed by atoms with van der Waals surface area (Å²) >= 11 is 0. The minimum Gasteiger partial charge on any atom is -0.456 e. The van der Waals surface area contributed by atoms with E-state index in [1.165, 1.54) is 44.2 Å². The molecule has 0 bridgehead atoms. The first-order chi connectivity index (χ1) is 34.2. The van der Waals surface area contributed by atoms with E-state index in [1.807, 2.05) is 30.3 Å². The number of fused-ring (bicyclic) bond motifs is 9. The molecule has 0 saturated heterocycles. The maximum atomic E-state index is 6.36. The smallest absolute Gasteiger partial charge is 0.164 e. The zero-order valence-electron chi connectivity index (χ0n) is 37.3. The Bertz CT molecular complexity index is 4080. The maximum Gasteiger partial charge on any atom is 0.164 e. The Morgan fingerprint density at radius 2 is 0.870 bits per heavy atom. The van der Waals surface area contributed by atoms with E-state index in [9.17, 15) is 0 Å². The van der Waals surface area contributed by atoms with Gasteiger partial charge in [-0.3, -0.25) is 0 Å². The Kier molecular flexibility index (Phi) is 8.73. The minimum absolute atomic E-state index is 0.534. The zero-order valence-corrected chi connectivity index (χ0v) is 37.3. The van der Waals surface area contributed by atoms with Crippen LogP contribution in [0, 0.1) is 0 Å². The first-order valence-corrected chi connectivity index (χ1v) is 23.4. The van der Waals surface area contributed by atoms with Gasteiger partial charge in [0.1, 0.15) is 11.2 Å². The summed E-state index contributed by atoms with van der Waals surface area (Å²) in [6, 6.07) is 86.5. The topological polar surface area (TPSA) is 56.7 Å². The van der Waals surface area contributed by atoms with E-state index in [4.69, 9.17) is 19.4 Å². The second-order valence-electron chi connectivity index (χ2n) is 17.9. The standard InChI is InChI=1S/C64H40N4O/c1-4-17-41(18-5-1)42-31-33-43(34-32-42)61-65-62(67-63(66-61)45-35-36-52-51-27-12-15-30-59(51)69-60(52)38-45)44-19-16-24-48(37-44)68-57-29-14-11-26-50(57)54-39-53-49-25-10-13-28-55(49)64(56(53)40-58(54)68,46-20-6-2-7-21-46)47-22-8-3-9-23-47/h1-40H. The van der Waals surface area contributed by atoms with Gasteiger partial charge in [0.05, 0.1) is 16.4 Å². The summed E-state index contributed by atoms with van der Waals surface area (Å²) in [6.07, 6.45) is 0. The molecule has 3 heterocycles. The molecule has 5 nitrogen and oxygen atoms in total. The van der Waals surface area contributed by atoms with Crippen LogP contribution in [0.1, 0.15) is 22.3 Å². The molecule has 1 aliphatic carbocycles. The van der Waals surface area contributed by atoms with Gasteiger partial charge >= 0.3 is 0 Å². The van der Waals surface area contributed by atoms with Crippen LogP contribution in [0.2, 0.25) is 0 Å².